The van der Waals surface area contributed by atoms with Crippen LogP contribution in [0.3, 0.4) is 0 Å². The van der Waals surface area contributed by atoms with Crippen molar-refractivity contribution in [3.8, 4) is 0 Å². The Bertz CT molecular complexity index is 336. The molecule has 1 unspecified atom stereocenters. The Morgan fingerprint density at radius 1 is 1.67 bits per heavy atom. The molecular weight excluding hydrogens is 212 g/mol. The Balaban J connectivity index is 2.79. The van der Waals surface area contributed by atoms with Crippen LogP contribution in [0, 0.1) is 5.92 Å². The van der Waals surface area contributed by atoms with Gasteiger partial charge < -0.3 is 10.4 Å². The van der Waals surface area contributed by atoms with E-state index in [4.69, 9.17) is 5.11 Å². The van der Waals surface area contributed by atoms with Crippen molar-refractivity contribution < 1.29 is 9.90 Å². The number of thiazole rings is 1. The van der Waals surface area contributed by atoms with Gasteiger partial charge in [-0.2, -0.15) is 0 Å². The molecule has 0 saturated carbocycles. The highest BCUT2D eigenvalue weighted by Crippen LogP contribution is 2.23. The molecule has 4 nitrogen and oxygen atoms in total. The number of nitrogens with one attached hydrogen (secondary N) is 1. The van der Waals surface area contributed by atoms with E-state index in [-0.39, 0.29) is 5.69 Å². The van der Waals surface area contributed by atoms with Crippen molar-refractivity contribution in [3.63, 3.8) is 0 Å². The number of hydrogen-bond acceptors (Lipinski definition) is 4. The Morgan fingerprint density at radius 3 is 2.80 bits per heavy atom. The van der Waals surface area contributed by atoms with Crippen molar-refractivity contribution in [3.05, 3.63) is 11.2 Å². The van der Waals surface area contributed by atoms with E-state index in [2.05, 4.69) is 31.1 Å². The van der Waals surface area contributed by atoms with Crippen molar-refractivity contribution in [2.45, 2.75) is 33.2 Å². The summed E-state index contributed by atoms with van der Waals surface area (Å²) in [6.07, 6.45) is 0.967. The van der Waals surface area contributed by atoms with Crippen molar-refractivity contribution in [2.24, 2.45) is 5.92 Å². The highest BCUT2D eigenvalue weighted by atomic mass is 32.1. The van der Waals surface area contributed by atoms with Crippen LogP contribution in [-0.2, 0) is 0 Å². The van der Waals surface area contributed by atoms with Crippen LogP contribution < -0.4 is 5.32 Å². The zero-order valence-electron chi connectivity index (χ0n) is 9.15. The average molecular weight is 228 g/mol. The highest BCUT2D eigenvalue weighted by Gasteiger charge is 2.17. The number of anilines is 1. The van der Waals surface area contributed by atoms with Gasteiger partial charge in [0, 0.05) is 6.04 Å². The van der Waals surface area contributed by atoms with Crippen LogP contribution in [-0.4, -0.2) is 22.1 Å². The van der Waals surface area contributed by atoms with Crippen molar-refractivity contribution in [1.29, 1.82) is 0 Å². The molecule has 0 amide bonds. The molecule has 0 aromatic carbocycles. The number of rotatable bonds is 5. The van der Waals surface area contributed by atoms with Gasteiger partial charge in [0.25, 0.3) is 0 Å². The number of nitrogens with zero attached hydrogens (tertiary/aromatic N) is 1. The molecule has 15 heavy (non-hydrogen) atoms. The summed E-state index contributed by atoms with van der Waals surface area (Å²) in [5, 5.41) is 12.8. The first kappa shape index (κ1) is 12.0. The number of carboxylic acids is 1. The minimum absolute atomic E-state index is 0.124. The Kier molecular flexibility index (Phi) is 4.08. The minimum Gasteiger partial charge on any atom is -0.476 e. The summed E-state index contributed by atoms with van der Waals surface area (Å²) < 4.78 is 0. The summed E-state index contributed by atoms with van der Waals surface area (Å²) in [6, 6.07) is 0.295. The van der Waals surface area contributed by atoms with Crippen LogP contribution in [0.5, 0.6) is 0 Å². The molecule has 1 aromatic rings. The normalized spacial score (nSPS) is 12.8. The summed E-state index contributed by atoms with van der Waals surface area (Å²) in [5.74, 6) is -0.504. The lowest BCUT2D eigenvalue weighted by Crippen LogP contribution is -2.25. The van der Waals surface area contributed by atoms with E-state index in [1.165, 1.54) is 11.3 Å². The molecule has 1 rings (SSSR count). The molecule has 0 fully saturated rings. The number of aromatic nitrogens is 1. The van der Waals surface area contributed by atoms with Gasteiger partial charge in [-0.3, -0.25) is 0 Å². The number of carbonyl (C=O) groups is 1. The molecule has 5 heteroatoms. The maximum absolute atomic E-state index is 10.8. The van der Waals surface area contributed by atoms with Crippen LogP contribution in [0.2, 0.25) is 0 Å². The molecule has 1 aromatic heterocycles. The van der Waals surface area contributed by atoms with E-state index in [0.717, 1.165) is 6.42 Å². The highest BCUT2D eigenvalue weighted by molar-refractivity contribution is 7.14. The van der Waals surface area contributed by atoms with Crippen LogP contribution >= 0.6 is 11.3 Å². The third-order valence-electron chi connectivity index (χ3n) is 2.33. The third-order valence-corrected chi connectivity index (χ3v) is 3.09. The predicted octanol–water partition coefficient (Wildman–Crippen LogP) is 2.69. The van der Waals surface area contributed by atoms with Crippen LogP contribution in [0.4, 0.5) is 5.00 Å². The minimum atomic E-state index is -0.975. The maximum atomic E-state index is 10.8. The summed E-state index contributed by atoms with van der Waals surface area (Å²) in [7, 11) is 0. The van der Waals surface area contributed by atoms with E-state index in [9.17, 15) is 4.79 Å². The van der Waals surface area contributed by atoms with E-state index in [1.807, 2.05) is 0 Å². The van der Waals surface area contributed by atoms with Crippen LogP contribution in [0.1, 0.15) is 37.7 Å². The van der Waals surface area contributed by atoms with E-state index in [0.29, 0.717) is 17.0 Å². The van der Waals surface area contributed by atoms with Gasteiger partial charge in [-0.25, -0.2) is 9.78 Å². The molecule has 1 atom stereocenters. The second-order valence-corrected chi connectivity index (χ2v) is 4.59. The Hall–Kier alpha value is -1.10. The standard InChI is InChI=1S/C10H16N2O2S/c1-4-7(6(2)3)12-9-8(10(13)14)11-5-15-9/h5-7,12H,4H2,1-3H3,(H,13,14). The van der Waals surface area contributed by atoms with Crippen molar-refractivity contribution >= 4 is 22.3 Å². The zero-order chi connectivity index (χ0) is 11.4. The Morgan fingerprint density at radius 2 is 2.33 bits per heavy atom. The van der Waals surface area contributed by atoms with Gasteiger partial charge in [0.2, 0.25) is 0 Å². The second kappa shape index (κ2) is 5.11. The van der Waals surface area contributed by atoms with Gasteiger partial charge in [-0.05, 0) is 12.3 Å². The number of aromatic carboxylic acids is 1. The zero-order valence-corrected chi connectivity index (χ0v) is 9.97. The second-order valence-electron chi connectivity index (χ2n) is 3.74. The summed E-state index contributed by atoms with van der Waals surface area (Å²) in [6.45, 7) is 6.31. The lowest BCUT2D eigenvalue weighted by Gasteiger charge is -2.20. The molecule has 84 valence electrons. The fraction of sp³-hybridized carbons (Fsp3) is 0.600. The Labute approximate surface area is 93.4 Å². The topological polar surface area (TPSA) is 62.2 Å². The fourth-order valence-corrected chi connectivity index (χ4v) is 2.14. The average Bonchev–Trinajstić information content (AvgIpc) is 2.61. The molecular formula is C10H16N2O2S. The summed E-state index contributed by atoms with van der Waals surface area (Å²) in [5.41, 5.74) is 1.68. The van der Waals surface area contributed by atoms with E-state index < -0.39 is 5.97 Å². The first-order valence-electron chi connectivity index (χ1n) is 4.99. The first-order chi connectivity index (χ1) is 7.06. The van der Waals surface area contributed by atoms with Gasteiger partial charge in [-0.15, -0.1) is 11.3 Å². The quantitative estimate of drug-likeness (QED) is 0.813. The SMILES string of the molecule is CCC(Nc1scnc1C(=O)O)C(C)C. The maximum Gasteiger partial charge on any atom is 0.357 e. The molecule has 0 saturated heterocycles. The first-order valence-corrected chi connectivity index (χ1v) is 5.87. The molecule has 0 bridgehead atoms. The monoisotopic (exact) mass is 228 g/mol. The summed E-state index contributed by atoms with van der Waals surface area (Å²) in [4.78, 5) is 14.6. The number of carboxylic acid groups (broad SMARTS) is 1. The van der Waals surface area contributed by atoms with Crippen molar-refractivity contribution in [1.82, 2.24) is 4.98 Å². The lowest BCUT2D eigenvalue weighted by molar-refractivity contribution is 0.0692. The van der Waals surface area contributed by atoms with E-state index >= 15 is 0 Å². The predicted molar refractivity (Wildman–Crippen MR) is 61.6 cm³/mol. The smallest absolute Gasteiger partial charge is 0.357 e. The summed E-state index contributed by atoms with van der Waals surface area (Å²) >= 11 is 1.34. The molecule has 0 aliphatic rings. The van der Waals surface area contributed by atoms with Gasteiger partial charge in [-0.1, -0.05) is 20.8 Å². The van der Waals surface area contributed by atoms with E-state index in [1.54, 1.807) is 5.51 Å². The van der Waals surface area contributed by atoms with Crippen LogP contribution in [0.15, 0.2) is 5.51 Å². The van der Waals surface area contributed by atoms with Crippen molar-refractivity contribution in [2.75, 3.05) is 5.32 Å². The molecule has 0 radical (unpaired) electrons. The van der Waals surface area contributed by atoms with Gasteiger partial charge >= 0.3 is 5.97 Å². The lowest BCUT2D eigenvalue weighted by atomic mass is 10.0. The molecule has 0 spiro atoms. The van der Waals surface area contributed by atoms with Gasteiger partial charge in [0.15, 0.2) is 5.69 Å². The largest absolute Gasteiger partial charge is 0.476 e. The molecule has 0 aliphatic heterocycles. The van der Waals surface area contributed by atoms with Crippen LogP contribution in [0.25, 0.3) is 0 Å². The van der Waals surface area contributed by atoms with Gasteiger partial charge in [0.1, 0.15) is 5.00 Å². The number of hydrogen-bond donors (Lipinski definition) is 2. The third kappa shape index (κ3) is 2.92. The van der Waals surface area contributed by atoms with Gasteiger partial charge in [0.05, 0.1) is 5.51 Å². The fourth-order valence-electron chi connectivity index (χ4n) is 1.41. The molecule has 0 aliphatic carbocycles. The molecule has 2 N–H and O–H groups in total. The molecule has 1 heterocycles.